The highest BCUT2D eigenvalue weighted by Crippen LogP contribution is 2.23. The fourth-order valence-corrected chi connectivity index (χ4v) is 2.93. The summed E-state index contributed by atoms with van der Waals surface area (Å²) in [6.07, 6.45) is 1.68. The van der Waals surface area contributed by atoms with E-state index in [4.69, 9.17) is 0 Å². The first-order valence-corrected chi connectivity index (χ1v) is 7.62. The molecule has 23 heavy (non-hydrogen) atoms. The quantitative estimate of drug-likeness (QED) is 0.700. The molecule has 118 valence electrons. The van der Waals surface area contributed by atoms with Gasteiger partial charge in [-0.2, -0.15) is 0 Å². The van der Waals surface area contributed by atoms with Gasteiger partial charge in [0.15, 0.2) is 0 Å². The lowest BCUT2D eigenvalue weighted by Gasteiger charge is -2.13. The van der Waals surface area contributed by atoms with Crippen molar-refractivity contribution in [1.82, 2.24) is 9.99 Å². The predicted octanol–water partition coefficient (Wildman–Crippen LogP) is 2.59. The lowest BCUT2D eigenvalue weighted by molar-refractivity contribution is -0.117. The molecule has 1 fully saturated rings. The number of para-hydroxylation sites is 1. The molecule has 0 unspecified atom stereocenters. The molecule has 5 nitrogen and oxygen atoms in total. The van der Waals surface area contributed by atoms with Gasteiger partial charge in [-0.1, -0.05) is 18.2 Å². The molecule has 1 aliphatic rings. The average Bonchev–Trinajstić information content (AvgIpc) is 2.98. The van der Waals surface area contributed by atoms with E-state index in [2.05, 4.69) is 16.9 Å². The standard InChI is InChI=1S/C18H19N3O2/c1-4-20-12(2)10-14(13(20)3)11-16-17(22)19-21(18(16)23)15-8-6-5-7-9-15/h5-11H,4H2,1-3H3,(H,19,22). The first kappa shape index (κ1) is 15.1. The van der Waals surface area contributed by atoms with Gasteiger partial charge in [-0.05, 0) is 50.6 Å². The van der Waals surface area contributed by atoms with Crippen molar-refractivity contribution < 1.29 is 9.59 Å². The van der Waals surface area contributed by atoms with Gasteiger partial charge in [0.2, 0.25) is 0 Å². The van der Waals surface area contributed by atoms with E-state index >= 15 is 0 Å². The van der Waals surface area contributed by atoms with E-state index in [1.807, 2.05) is 38.1 Å². The number of hydrogen-bond acceptors (Lipinski definition) is 2. The third-order valence-electron chi connectivity index (χ3n) is 4.13. The topological polar surface area (TPSA) is 54.3 Å². The minimum atomic E-state index is -0.375. The molecule has 1 N–H and O–H groups in total. The Morgan fingerprint density at radius 1 is 1.13 bits per heavy atom. The van der Waals surface area contributed by atoms with Crippen molar-refractivity contribution in [2.45, 2.75) is 27.3 Å². The maximum atomic E-state index is 12.6. The molecular weight excluding hydrogens is 290 g/mol. The van der Waals surface area contributed by atoms with Crippen LogP contribution < -0.4 is 10.4 Å². The Bertz CT molecular complexity index is 803. The monoisotopic (exact) mass is 309 g/mol. The third kappa shape index (κ3) is 2.54. The molecule has 0 bridgehead atoms. The van der Waals surface area contributed by atoms with E-state index in [-0.39, 0.29) is 17.4 Å². The van der Waals surface area contributed by atoms with Crippen molar-refractivity contribution in [1.29, 1.82) is 0 Å². The number of carbonyl (C=O) groups excluding carboxylic acids is 2. The van der Waals surface area contributed by atoms with Crippen LogP contribution >= 0.6 is 0 Å². The lowest BCUT2D eigenvalue weighted by atomic mass is 10.1. The van der Waals surface area contributed by atoms with Gasteiger partial charge in [0.05, 0.1) is 5.69 Å². The molecule has 1 aromatic carbocycles. The second-order valence-electron chi connectivity index (χ2n) is 5.55. The van der Waals surface area contributed by atoms with E-state index in [1.54, 1.807) is 18.2 Å². The van der Waals surface area contributed by atoms with E-state index in [9.17, 15) is 9.59 Å². The minimum Gasteiger partial charge on any atom is -0.349 e. The molecule has 2 aromatic rings. The fraction of sp³-hybridized carbons (Fsp3) is 0.222. The molecule has 0 radical (unpaired) electrons. The molecule has 5 heteroatoms. The van der Waals surface area contributed by atoms with Crippen molar-refractivity contribution in [2.75, 3.05) is 5.01 Å². The molecule has 3 rings (SSSR count). The molecule has 0 atom stereocenters. The van der Waals surface area contributed by atoms with Gasteiger partial charge in [0, 0.05) is 17.9 Å². The summed E-state index contributed by atoms with van der Waals surface area (Å²) in [4.78, 5) is 24.8. The van der Waals surface area contributed by atoms with Crippen LogP contribution in [0.1, 0.15) is 23.9 Å². The number of hydrazine groups is 1. The van der Waals surface area contributed by atoms with Crippen molar-refractivity contribution in [3.63, 3.8) is 0 Å². The van der Waals surface area contributed by atoms with Crippen LogP contribution in [-0.4, -0.2) is 16.4 Å². The number of anilines is 1. The molecule has 0 saturated carbocycles. The summed E-state index contributed by atoms with van der Waals surface area (Å²) in [5.41, 5.74) is 6.49. The van der Waals surface area contributed by atoms with Crippen LogP contribution in [0.25, 0.3) is 6.08 Å². The first-order chi connectivity index (χ1) is 11.0. The maximum absolute atomic E-state index is 12.6. The molecule has 2 amide bonds. The number of carbonyl (C=O) groups is 2. The maximum Gasteiger partial charge on any atom is 0.282 e. The van der Waals surface area contributed by atoms with Gasteiger partial charge >= 0.3 is 0 Å². The van der Waals surface area contributed by atoms with Gasteiger partial charge in [0.25, 0.3) is 11.8 Å². The lowest BCUT2D eigenvalue weighted by Crippen LogP contribution is -2.35. The number of benzene rings is 1. The van der Waals surface area contributed by atoms with Gasteiger partial charge in [-0.15, -0.1) is 0 Å². The molecule has 2 heterocycles. The first-order valence-electron chi connectivity index (χ1n) is 7.62. The fourth-order valence-electron chi connectivity index (χ4n) is 2.93. The number of nitrogens with one attached hydrogen (secondary N) is 1. The zero-order valence-corrected chi connectivity index (χ0v) is 13.5. The van der Waals surface area contributed by atoms with Crippen LogP contribution in [0.3, 0.4) is 0 Å². The second-order valence-corrected chi connectivity index (χ2v) is 5.55. The third-order valence-corrected chi connectivity index (χ3v) is 4.13. The number of amides is 2. The van der Waals surface area contributed by atoms with Gasteiger partial charge in [0.1, 0.15) is 5.57 Å². The summed E-state index contributed by atoms with van der Waals surface area (Å²) >= 11 is 0. The Labute approximate surface area is 135 Å². The van der Waals surface area contributed by atoms with Crippen molar-refractivity contribution in [3.8, 4) is 0 Å². The molecule has 1 saturated heterocycles. The van der Waals surface area contributed by atoms with E-state index in [0.29, 0.717) is 5.69 Å². The summed E-state index contributed by atoms with van der Waals surface area (Å²) in [6, 6.07) is 11.1. The average molecular weight is 309 g/mol. The Kier molecular flexibility index (Phi) is 3.78. The van der Waals surface area contributed by atoms with E-state index in [0.717, 1.165) is 23.5 Å². The normalized spacial score (nSPS) is 16.3. The zero-order chi connectivity index (χ0) is 16.6. The Morgan fingerprint density at radius 3 is 2.43 bits per heavy atom. The molecule has 0 aliphatic carbocycles. The predicted molar refractivity (Wildman–Crippen MR) is 89.6 cm³/mol. The van der Waals surface area contributed by atoms with Crippen LogP contribution in [0.4, 0.5) is 5.69 Å². The summed E-state index contributed by atoms with van der Waals surface area (Å²) in [5.74, 6) is -0.706. The van der Waals surface area contributed by atoms with Crippen molar-refractivity contribution in [3.05, 3.63) is 58.9 Å². The highest BCUT2D eigenvalue weighted by atomic mass is 16.2. The smallest absolute Gasteiger partial charge is 0.282 e. The second kappa shape index (κ2) is 5.76. The molecule has 1 aromatic heterocycles. The Morgan fingerprint density at radius 2 is 1.83 bits per heavy atom. The zero-order valence-electron chi connectivity index (χ0n) is 13.5. The van der Waals surface area contributed by atoms with Gasteiger partial charge in [-0.25, -0.2) is 5.01 Å². The van der Waals surface area contributed by atoms with Gasteiger partial charge in [-0.3, -0.25) is 15.0 Å². The van der Waals surface area contributed by atoms with Crippen LogP contribution in [0.15, 0.2) is 42.0 Å². The SMILES string of the molecule is CCn1c(C)cc(C=C2C(=O)NN(c3ccccc3)C2=O)c1C. The van der Waals surface area contributed by atoms with Crippen LogP contribution in [-0.2, 0) is 16.1 Å². The number of rotatable bonds is 3. The Hall–Kier alpha value is -2.82. The van der Waals surface area contributed by atoms with Crippen molar-refractivity contribution in [2.24, 2.45) is 0 Å². The largest absolute Gasteiger partial charge is 0.349 e. The van der Waals surface area contributed by atoms with Crippen LogP contribution in [0.5, 0.6) is 0 Å². The number of hydrogen-bond donors (Lipinski definition) is 1. The number of nitrogens with zero attached hydrogens (tertiary/aromatic N) is 2. The summed E-state index contributed by atoms with van der Waals surface area (Å²) in [7, 11) is 0. The highest BCUT2D eigenvalue weighted by Gasteiger charge is 2.34. The Balaban J connectivity index is 1.98. The molecule has 0 spiro atoms. The summed E-state index contributed by atoms with van der Waals surface area (Å²) < 4.78 is 2.15. The number of aryl methyl sites for hydroxylation is 1. The van der Waals surface area contributed by atoms with Crippen molar-refractivity contribution >= 4 is 23.6 Å². The molecule has 1 aliphatic heterocycles. The summed E-state index contributed by atoms with van der Waals surface area (Å²) in [6.45, 7) is 6.94. The van der Waals surface area contributed by atoms with E-state index in [1.165, 1.54) is 5.01 Å². The number of aromatic nitrogens is 1. The highest BCUT2D eigenvalue weighted by molar-refractivity contribution is 6.31. The van der Waals surface area contributed by atoms with E-state index < -0.39 is 0 Å². The summed E-state index contributed by atoms with van der Waals surface area (Å²) in [5, 5.41) is 1.28. The minimum absolute atomic E-state index is 0.158. The van der Waals surface area contributed by atoms with Crippen LogP contribution in [0, 0.1) is 13.8 Å². The van der Waals surface area contributed by atoms with Crippen LogP contribution in [0.2, 0.25) is 0 Å². The molecular formula is C18H19N3O2. The van der Waals surface area contributed by atoms with Gasteiger partial charge < -0.3 is 4.57 Å².